The largest absolute Gasteiger partial charge is 0.418 e. The number of hydrogen-bond acceptors (Lipinski definition) is 6. The van der Waals surface area contributed by atoms with Crippen LogP contribution in [0.25, 0.3) is 0 Å². The van der Waals surface area contributed by atoms with Gasteiger partial charge in [-0.3, -0.25) is 19.7 Å². The number of carbonyl (C=O) groups is 3. The van der Waals surface area contributed by atoms with Crippen LogP contribution >= 0.6 is 22.9 Å². The highest BCUT2D eigenvalue weighted by Crippen LogP contribution is 2.38. The standard InChI is InChI=1S/C21H20ClF5N4O4S/c22-16-4-3-15(36-16)20(34)29-8-13(28-9-17(23)24)19(33)30-11-1-2-14(12(7-11)21(25,26)27)31-5-6-35-10-18(31)32/h1-4,7,13,17,28H,5-6,8-10H2,(H,29,34)(H,30,33)/t13-/m1/s1. The van der Waals surface area contributed by atoms with Crippen molar-refractivity contribution in [1.29, 1.82) is 0 Å². The molecule has 0 bridgehead atoms. The minimum atomic E-state index is -4.86. The fraction of sp³-hybridized carbons (Fsp3) is 0.381. The first-order valence-corrected chi connectivity index (χ1v) is 11.6. The number of thiophene rings is 1. The Morgan fingerprint density at radius 1 is 1.17 bits per heavy atom. The van der Waals surface area contributed by atoms with Crippen LogP contribution in [0.2, 0.25) is 4.34 Å². The van der Waals surface area contributed by atoms with Crippen LogP contribution in [0.1, 0.15) is 15.2 Å². The van der Waals surface area contributed by atoms with E-state index in [9.17, 15) is 36.3 Å². The Labute approximate surface area is 210 Å². The first-order valence-electron chi connectivity index (χ1n) is 10.4. The monoisotopic (exact) mass is 554 g/mol. The van der Waals surface area contributed by atoms with Crippen molar-refractivity contribution in [2.24, 2.45) is 0 Å². The molecule has 0 saturated carbocycles. The Bertz CT molecular complexity index is 1110. The van der Waals surface area contributed by atoms with Crippen LogP contribution in [0.3, 0.4) is 0 Å². The van der Waals surface area contributed by atoms with Crippen molar-refractivity contribution in [3.05, 3.63) is 45.1 Å². The minimum absolute atomic E-state index is 0.0579. The second kappa shape index (κ2) is 12.0. The summed E-state index contributed by atoms with van der Waals surface area (Å²) in [5, 5.41) is 6.92. The molecule has 0 spiro atoms. The fourth-order valence-corrected chi connectivity index (χ4v) is 4.24. The van der Waals surface area contributed by atoms with Gasteiger partial charge in [-0.05, 0) is 30.3 Å². The third-order valence-corrected chi connectivity index (χ3v) is 6.17. The lowest BCUT2D eigenvalue weighted by Crippen LogP contribution is -2.49. The average molecular weight is 555 g/mol. The molecule has 0 radical (unpaired) electrons. The van der Waals surface area contributed by atoms with E-state index in [0.717, 1.165) is 28.4 Å². The summed E-state index contributed by atoms with van der Waals surface area (Å²) < 4.78 is 72.0. The molecule has 1 aliphatic heterocycles. The topological polar surface area (TPSA) is 99.8 Å². The predicted octanol–water partition coefficient (Wildman–Crippen LogP) is 3.38. The number of amides is 3. The lowest BCUT2D eigenvalue weighted by molar-refractivity contribution is -0.137. The molecular weight excluding hydrogens is 535 g/mol. The molecule has 36 heavy (non-hydrogen) atoms. The third kappa shape index (κ3) is 7.35. The second-order valence-electron chi connectivity index (χ2n) is 7.48. The van der Waals surface area contributed by atoms with Crippen molar-refractivity contribution >= 4 is 52.0 Å². The number of halogens is 6. The van der Waals surface area contributed by atoms with Gasteiger partial charge in [-0.2, -0.15) is 13.2 Å². The summed E-state index contributed by atoms with van der Waals surface area (Å²) >= 11 is 6.74. The number of hydrogen-bond donors (Lipinski definition) is 3. The van der Waals surface area contributed by atoms with Crippen LogP contribution in [-0.4, -0.2) is 63.0 Å². The molecule has 3 rings (SSSR count). The summed E-state index contributed by atoms with van der Waals surface area (Å²) in [7, 11) is 0. The average Bonchev–Trinajstić information content (AvgIpc) is 3.25. The lowest BCUT2D eigenvalue weighted by atomic mass is 10.1. The van der Waals surface area contributed by atoms with Gasteiger partial charge in [0.25, 0.3) is 18.2 Å². The predicted molar refractivity (Wildman–Crippen MR) is 123 cm³/mol. The highest BCUT2D eigenvalue weighted by molar-refractivity contribution is 7.18. The van der Waals surface area contributed by atoms with Crippen LogP contribution in [0.4, 0.5) is 33.3 Å². The smallest absolute Gasteiger partial charge is 0.370 e. The van der Waals surface area contributed by atoms with E-state index in [2.05, 4.69) is 16.0 Å². The van der Waals surface area contributed by atoms with Gasteiger partial charge in [0.2, 0.25) is 5.91 Å². The van der Waals surface area contributed by atoms with Gasteiger partial charge < -0.3 is 20.3 Å². The lowest BCUT2D eigenvalue weighted by Gasteiger charge is -2.29. The van der Waals surface area contributed by atoms with Crippen molar-refractivity contribution in [3.63, 3.8) is 0 Å². The zero-order valence-electron chi connectivity index (χ0n) is 18.3. The zero-order chi connectivity index (χ0) is 26.5. The van der Waals surface area contributed by atoms with Gasteiger partial charge in [0.05, 0.1) is 33.6 Å². The molecule has 1 aromatic heterocycles. The number of carbonyl (C=O) groups excluding carboxylic acids is 3. The van der Waals surface area contributed by atoms with Crippen molar-refractivity contribution in [3.8, 4) is 0 Å². The van der Waals surface area contributed by atoms with Crippen LogP contribution in [0, 0.1) is 0 Å². The van der Waals surface area contributed by atoms with Gasteiger partial charge in [-0.1, -0.05) is 11.6 Å². The maximum Gasteiger partial charge on any atom is 0.418 e. The molecular formula is C21H20ClF5N4O4S. The highest BCUT2D eigenvalue weighted by Gasteiger charge is 2.37. The highest BCUT2D eigenvalue weighted by atomic mass is 35.5. The van der Waals surface area contributed by atoms with Crippen LogP contribution < -0.4 is 20.9 Å². The Balaban J connectivity index is 1.77. The van der Waals surface area contributed by atoms with E-state index in [1.807, 2.05) is 0 Å². The molecule has 0 aliphatic carbocycles. The van der Waals surface area contributed by atoms with Gasteiger partial charge in [-0.15, -0.1) is 11.3 Å². The number of nitrogens with zero attached hydrogens (tertiary/aromatic N) is 1. The number of benzene rings is 1. The van der Waals surface area contributed by atoms with Gasteiger partial charge >= 0.3 is 6.18 Å². The van der Waals surface area contributed by atoms with Crippen molar-refractivity contribution in [1.82, 2.24) is 10.6 Å². The van der Waals surface area contributed by atoms with E-state index < -0.39 is 60.7 Å². The van der Waals surface area contributed by atoms with Crippen LogP contribution in [0.15, 0.2) is 30.3 Å². The fourth-order valence-electron chi connectivity index (χ4n) is 3.29. The summed E-state index contributed by atoms with van der Waals surface area (Å²) in [5.41, 5.74) is -1.85. The molecule has 2 aromatic rings. The van der Waals surface area contributed by atoms with E-state index in [0.29, 0.717) is 10.4 Å². The Hall–Kier alpha value is -2.81. The zero-order valence-corrected chi connectivity index (χ0v) is 19.9. The summed E-state index contributed by atoms with van der Waals surface area (Å²) in [5.74, 6) is -2.21. The number of rotatable bonds is 9. The minimum Gasteiger partial charge on any atom is -0.370 e. The molecule has 196 valence electrons. The van der Waals surface area contributed by atoms with Gasteiger partial charge in [0.1, 0.15) is 12.6 Å². The van der Waals surface area contributed by atoms with Crippen molar-refractivity contribution < 1.29 is 41.1 Å². The summed E-state index contributed by atoms with van der Waals surface area (Å²) in [6, 6.07) is 4.35. The van der Waals surface area contributed by atoms with E-state index >= 15 is 0 Å². The van der Waals surface area contributed by atoms with E-state index in [1.165, 1.54) is 12.1 Å². The molecule has 0 unspecified atom stereocenters. The van der Waals surface area contributed by atoms with E-state index in [1.54, 1.807) is 0 Å². The third-order valence-electron chi connectivity index (χ3n) is 4.94. The molecule has 2 heterocycles. The van der Waals surface area contributed by atoms with Gasteiger partial charge in [-0.25, -0.2) is 8.78 Å². The molecule has 3 amide bonds. The number of anilines is 2. The molecule has 1 saturated heterocycles. The number of alkyl halides is 5. The molecule has 1 aliphatic rings. The first-order chi connectivity index (χ1) is 17.0. The van der Waals surface area contributed by atoms with Crippen molar-refractivity contribution in [2.75, 3.05) is 43.1 Å². The Morgan fingerprint density at radius 2 is 1.92 bits per heavy atom. The maximum absolute atomic E-state index is 13.8. The van der Waals surface area contributed by atoms with E-state index in [-0.39, 0.29) is 30.3 Å². The normalized spacial score (nSPS) is 15.2. The first kappa shape index (κ1) is 27.8. The quantitative estimate of drug-likeness (QED) is 0.413. The molecule has 1 fully saturated rings. The van der Waals surface area contributed by atoms with Gasteiger partial charge in [0, 0.05) is 18.8 Å². The second-order valence-corrected chi connectivity index (χ2v) is 9.20. The van der Waals surface area contributed by atoms with Crippen LogP contribution in [0.5, 0.6) is 0 Å². The Kier molecular flexibility index (Phi) is 9.22. The van der Waals surface area contributed by atoms with E-state index in [4.69, 9.17) is 16.3 Å². The maximum atomic E-state index is 13.8. The molecule has 1 aromatic carbocycles. The molecule has 3 N–H and O–H groups in total. The number of nitrogens with one attached hydrogen (secondary N) is 3. The Morgan fingerprint density at radius 3 is 2.53 bits per heavy atom. The summed E-state index contributed by atoms with van der Waals surface area (Å²) in [4.78, 5) is 38.1. The number of ether oxygens (including phenoxy) is 1. The van der Waals surface area contributed by atoms with Gasteiger partial charge in [0.15, 0.2) is 0 Å². The van der Waals surface area contributed by atoms with Crippen LogP contribution in [-0.2, 0) is 20.5 Å². The molecule has 8 nitrogen and oxygen atoms in total. The molecule has 15 heteroatoms. The number of morpholine rings is 1. The van der Waals surface area contributed by atoms with Crippen molar-refractivity contribution in [2.45, 2.75) is 18.6 Å². The SMILES string of the molecule is O=C(NC[C@@H](NCC(F)F)C(=O)Nc1ccc(N2CCOCC2=O)c(C(F)(F)F)c1)c1ccc(Cl)s1. The molecule has 1 atom stereocenters. The summed E-state index contributed by atoms with van der Waals surface area (Å²) in [6.45, 7) is -1.72. The summed E-state index contributed by atoms with van der Waals surface area (Å²) in [6.07, 6.45) is -7.69.